The second kappa shape index (κ2) is 11.9. The van der Waals surface area contributed by atoms with Gasteiger partial charge in [-0.1, -0.05) is 51.5 Å². The second-order valence-electron chi connectivity index (χ2n) is 9.96. The molecule has 1 aliphatic rings. The molecule has 2 heterocycles. The molecule has 1 aromatic rings. The zero-order valence-electron chi connectivity index (χ0n) is 21.1. The van der Waals surface area contributed by atoms with E-state index in [1.54, 1.807) is 18.3 Å². The monoisotopic (exact) mass is 473 g/mol. The van der Waals surface area contributed by atoms with E-state index in [9.17, 15) is 14.7 Å². The lowest BCUT2D eigenvalue weighted by Crippen LogP contribution is -2.38. The van der Waals surface area contributed by atoms with Crippen molar-refractivity contribution in [3.05, 3.63) is 45.5 Å². The van der Waals surface area contributed by atoms with Crippen LogP contribution in [0.25, 0.3) is 6.08 Å². The molecule has 0 aliphatic carbocycles. The summed E-state index contributed by atoms with van der Waals surface area (Å²) in [6.45, 7) is 13.4. The first kappa shape index (κ1) is 27.2. The molecule has 0 radical (unpaired) electrons. The minimum Gasteiger partial charge on any atom is -0.457 e. The molecule has 5 nitrogen and oxygen atoms in total. The molecule has 182 valence electrons. The van der Waals surface area contributed by atoms with Crippen LogP contribution < -0.4 is 0 Å². The van der Waals surface area contributed by atoms with Crippen molar-refractivity contribution < 1.29 is 19.4 Å². The molecule has 2 unspecified atom stereocenters. The summed E-state index contributed by atoms with van der Waals surface area (Å²) < 4.78 is 5.88. The standard InChI is InChI=1S/C27H39NO4S/c1-17-9-8-10-18(2)25(30)20(4)26(31)27(6,7)14-13-24(29)32-23(12-11-17)19(3)15-22-16-33-21(5)28-22/h8,10-11,15-16,18,20,23,25,30H,9,12-14H2,1-7H3/b10-8+,17-11-,19-15+/t18?,20-,23?,25+/m1/s1. The molecule has 0 spiro atoms. The number of esters is 1. The normalized spacial score (nSPS) is 30.9. The Labute approximate surface area is 202 Å². The van der Waals surface area contributed by atoms with E-state index in [4.69, 9.17) is 4.74 Å². The van der Waals surface area contributed by atoms with E-state index in [0.29, 0.717) is 12.8 Å². The highest BCUT2D eigenvalue weighted by Crippen LogP contribution is 2.31. The van der Waals surface area contributed by atoms with E-state index in [0.717, 1.165) is 28.3 Å². The minimum atomic E-state index is -0.760. The highest BCUT2D eigenvalue weighted by atomic mass is 32.1. The topological polar surface area (TPSA) is 76.5 Å². The van der Waals surface area contributed by atoms with Crippen LogP contribution in [-0.4, -0.2) is 34.1 Å². The molecular formula is C27H39NO4S. The lowest BCUT2D eigenvalue weighted by molar-refractivity contribution is -0.148. The minimum absolute atomic E-state index is 0.0299. The Bertz CT molecular complexity index is 924. The fraction of sp³-hybridized carbons (Fsp3) is 0.593. The van der Waals surface area contributed by atoms with Crippen molar-refractivity contribution in [3.8, 4) is 0 Å². The number of aryl methyl sites for hydroxylation is 1. The molecule has 1 aliphatic heterocycles. The highest BCUT2D eigenvalue weighted by Gasteiger charge is 2.36. The largest absolute Gasteiger partial charge is 0.457 e. The number of allylic oxidation sites excluding steroid dienone is 2. The molecule has 6 heteroatoms. The Morgan fingerprint density at radius 2 is 1.97 bits per heavy atom. The van der Waals surface area contributed by atoms with Gasteiger partial charge in [-0.05, 0) is 45.3 Å². The average molecular weight is 474 g/mol. The van der Waals surface area contributed by atoms with Crippen LogP contribution in [0.15, 0.2) is 34.8 Å². The summed E-state index contributed by atoms with van der Waals surface area (Å²) in [5.74, 6) is -0.995. The van der Waals surface area contributed by atoms with Crippen molar-refractivity contribution in [1.29, 1.82) is 0 Å². The second-order valence-corrected chi connectivity index (χ2v) is 11.0. The van der Waals surface area contributed by atoms with Crippen LogP contribution in [-0.2, 0) is 14.3 Å². The molecule has 0 saturated heterocycles. The Morgan fingerprint density at radius 1 is 1.27 bits per heavy atom. The van der Waals surface area contributed by atoms with Gasteiger partial charge in [0, 0.05) is 35.5 Å². The van der Waals surface area contributed by atoms with E-state index in [-0.39, 0.29) is 30.2 Å². The zero-order chi connectivity index (χ0) is 24.8. The van der Waals surface area contributed by atoms with Gasteiger partial charge in [-0.2, -0.15) is 0 Å². The molecule has 2 rings (SSSR count). The Hall–Kier alpha value is -2.05. The van der Waals surface area contributed by atoms with Gasteiger partial charge in [-0.25, -0.2) is 4.98 Å². The van der Waals surface area contributed by atoms with Crippen LogP contribution in [0, 0.1) is 24.2 Å². The number of Topliss-reactive ketones (excluding diaryl/α,β-unsaturated/α-hetero) is 1. The van der Waals surface area contributed by atoms with Gasteiger partial charge in [0.1, 0.15) is 11.9 Å². The summed E-state index contributed by atoms with van der Waals surface area (Å²) in [5.41, 5.74) is 2.24. The van der Waals surface area contributed by atoms with E-state index >= 15 is 0 Å². The predicted molar refractivity (Wildman–Crippen MR) is 135 cm³/mol. The summed E-state index contributed by atoms with van der Waals surface area (Å²) in [4.78, 5) is 30.3. The molecule has 0 bridgehead atoms. The summed E-state index contributed by atoms with van der Waals surface area (Å²) in [7, 11) is 0. The molecule has 0 amide bonds. The van der Waals surface area contributed by atoms with Gasteiger partial charge in [0.25, 0.3) is 0 Å². The van der Waals surface area contributed by atoms with Crippen molar-refractivity contribution in [2.24, 2.45) is 17.3 Å². The number of aromatic nitrogens is 1. The van der Waals surface area contributed by atoms with Crippen LogP contribution >= 0.6 is 11.3 Å². The van der Waals surface area contributed by atoms with E-state index in [1.807, 2.05) is 65.2 Å². The summed E-state index contributed by atoms with van der Waals surface area (Å²) in [6.07, 6.45) is 8.80. The number of aliphatic hydroxyl groups is 1. The Morgan fingerprint density at radius 3 is 2.61 bits per heavy atom. The number of aliphatic hydroxyl groups excluding tert-OH is 1. The van der Waals surface area contributed by atoms with E-state index in [2.05, 4.69) is 11.1 Å². The van der Waals surface area contributed by atoms with Crippen molar-refractivity contribution in [2.45, 2.75) is 86.4 Å². The van der Waals surface area contributed by atoms with Gasteiger partial charge in [0.2, 0.25) is 0 Å². The van der Waals surface area contributed by atoms with Crippen LogP contribution in [0.3, 0.4) is 0 Å². The van der Waals surface area contributed by atoms with Crippen molar-refractivity contribution >= 4 is 29.2 Å². The van der Waals surface area contributed by atoms with Gasteiger partial charge >= 0.3 is 5.97 Å². The number of cyclic esters (lactones) is 1. The quantitative estimate of drug-likeness (QED) is 0.417. The summed E-state index contributed by atoms with van der Waals surface area (Å²) >= 11 is 1.59. The number of thiazole rings is 1. The average Bonchev–Trinajstić information content (AvgIpc) is 3.17. The predicted octanol–water partition coefficient (Wildman–Crippen LogP) is 6.07. The van der Waals surface area contributed by atoms with Gasteiger partial charge in [-0.3, -0.25) is 9.59 Å². The number of carbonyl (C=O) groups is 2. The van der Waals surface area contributed by atoms with E-state index < -0.39 is 17.4 Å². The molecule has 33 heavy (non-hydrogen) atoms. The van der Waals surface area contributed by atoms with Crippen molar-refractivity contribution in [1.82, 2.24) is 4.98 Å². The molecular weight excluding hydrogens is 434 g/mol. The van der Waals surface area contributed by atoms with Gasteiger partial charge in [0.05, 0.1) is 16.8 Å². The Kier molecular flexibility index (Phi) is 9.80. The summed E-state index contributed by atoms with van der Waals surface area (Å²) in [6, 6.07) is 0. The number of rotatable bonds is 2. The molecule has 0 saturated carbocycles. The summed E-state index contributed by atoms with van der Waals surface area (Å²) in [5, 5.41) is 13.7. The molecule has 0 fully saturated rings. The van der Waals surface area contributed by atoms with Gasteiger partial charge in [-0.15, -0.1) is 11.3 Å². The third-order valence-corrected chi connectivity index (χ3v) is 7.23. The van der Waals surface area contributed by atoms with Crippen LogP contribution in [0.2, 0.25) is 0 Å². The van der Waals surface area contributed by atoms with Gasteiger partial charge < -0.3 is 9.84 Å². The number of ether oxygens (including phenoxy) is 1. The smallest absolute Gasteiger partial charge is 0.306 e. The number of ketones is 1. The fourth-order valence-electron chi connectivity index (χ4n) is 4.06. The SMILES string of the molecule is C/C1=C/CC(/C(C)=C/c2csc(C)n2)OC(=O)CCC(C)(C)C(=O)[C@H](C)[C@@H](O)C(C)/C=C/C1. The Balaban J connectivity index is 2.31. The molecule has 0 aromatic carbocycles. The van der Waals surface area contributed by atoms with Crippen LogP contribution in [0.5, 0.6) is 0 Å². The van der Waals surface area contributed by atoms with Crippen molar-refractivity contribution in [3.63, 3.8) is 0 Å². The number of hydrogen-bond donors (Lipinski definition) is 1. The lowest BCUT2D eigenvalue weighted by Gasteiger charge is -2.30. The van der Waals surface area contributed by atoms with Crippen molar-refractivity contribution in [2.75, 3.05) is 0 Å². The van der Waals surface area contributed by atoms with Crippen LogP contribution in [0.4, 0.5) is 0 Å². The number of nitrogens with zero attached hydrogens (tertiary/aromatic N) is 1. The maximum Gasteiger partial charge on any atom is 0.306 e. The van der Waals surface area contributed by atoms with Gasteiger partial charge in [0.15, 0.2) is 0 Å². The first-order chi connectivity index (χ1) is 15.4. The first-order valence-electron chi connectivity index (χ1n) is 11.7. The highest BCUT2D eigenvalue weighted by molar-refractivity contribution is 7.09. The maximum absolute atomic E-state index is 13.1. The zero-order valence-corrected chi connectivity index (χ0v) is 21.9. The third kappa shape index (κ3) is 8.04. The maximum atomic E-state index is 13.1. The van der Waals surface area contributed by atoms with E-state index in [1.165, 1.54) is 0 Å². The number of carbonyl (C=O) groups excluding carboxylic acids is 2. The molecule has 4 atom stereocenters. The molecule has 1 aromatic heterocycles. The third-order valence-electron chi connectivity index (χ3n) is 6.44. The fourth-order valence-corrected chi connectivity index (χ4v) is 4.63. The van der Waals surface area contributed by atoms with Crippen LogP contribution in [0.1, 0.15) is 77.9 Å². The number of hydrogen-bond acceptors (Lipinski definition) is 6. The first-order valence-corrected chi connectivity index (χ1v) is 12.6. The lowest BCUT2D eigenvalue weighted by atomic mass is 9.75. The molecule has 1 N–H and O–H groups in total.